The molecule has 1 aliphatic rings. The Labute approximate surface area is 168 Å². The molecule has 0 atom stereocenters. The number of amides is 1. The third kappa shape index (κ3) is 4.75. The number of carbonyl (C=O) groups is 1. The maximum absolute atomic E-state index is 13.1. The summed E-state index contributed by atoms with van der Waals surface area (Å²) in [4.78, 5) is 15.0. The number of methoxy groups -OCH3 is 1. The number of ether oxygens (including phenoxy) is 1. The molecule has 3 rings (SSSR count). The zero-order valence-corrected chi connectivity index (χ0v) is 17.3. The van der Waals surface area contributed by atoms with E-state index in [9.17, 15) is 4.79 Å². The van der Waals surface area contributed by atoms with Gasteiger partial charge in [-0.25, -0.2) is 0 Å². The summed E-state index contributed by atoms with van der Waals surface area (Å²) < 4.78 is 5.50. The molecule has 1 amide bonds. The summed E-state index contributed by atoms with van der Waals surface area (Å²) in [7, 11) is 1.63. The van der Waals surface area contributed by atoms with Crippen LogP contribution >= 0.6 is 0 Å². The fraction of sp³-hybridized carbons (Fsp3) is 0.400. The van der Waals surface area contributed by atoms with Crippen molar-refractivity contribution in [2.24, 2.45) is 5.41 Å². The third-order valence-corrected chi connectivity index (χ3v) is 4.90. The van der Waals surface area contributed by atoms with Crippen LogP contribution in [-0.2, 0) is 4.79 Å². The molecule has 0 unspecified atom stereocenters. The topological polar surface area (TPSA) is 29.5 Å². The first-order chi connectivity index (χ1) is 13.4. The first kappa shape index (κ1) is 20.0. The van der Waals surface area contributed by atoms with Gasteiger partial charge in [-0.15, -0.1) is 0 Å². The molecule has 0 aliphatic heterocycles. The standard InChI is InChI=1S/C25H29NO2/c1-25(2,3)18-26(20-11-6-5-7-12-20)24(27)17-15-22-21-13-9-8-10-19(21)14-16-23(22)28-4/h8-11,13-14,16H,5-7,12,18H2,1-4H3. The monoisotopic (exact) mass is 375 g/mol. The van der Waals surface area contributed by atoms with Crippen LogP contribution in [0.5, 0.6) is 5.75 Å². The van der Waals surface area contributed by atoms with Gasteiger partial charge in [-0.05, 0) is 42.6 Å². The van der Waals surface area contributed by atoms with Gasteiger partial charge in [0.2, 0.25) is 0 Å². The summed E-state index contributed by atoms with van der Waals surface area (Å²) in [5.74, 6) is 6.57. The first-order valence-electron chi connectivity index (χ1n) is 9.97. The van der Waals surface area contributed by atoms with Gasteiger partial charge in [0.05, 0.1) is 12.7 Å². The van der Waals surface area contributed by atoms with Crippen LogP contribution in [0, 0.1) is 17.3 Å². The molecule has 28 heavy (non-hydrogen) atoms. The van der Waals surface area contributed by atoms with Crippen molar-refractivity contribution < 1.29 is 9.53 Å². The molecule has 3 nitrogen and oxygen atoms in total. The third-order valence-electron chi connectivity index (χ3n) is 4.90. The summed E-state index contributed by atoms with van der Waals surface area (Å²) in [6, 6.07) is 12.0. The molecule has 2 aromatic carbocycles. The number of hydrogen-bond donors (Lipinski definition) is 0. The second-order valence-corrected chi connectivity index (χ2v) is 8.51. The number of hydrogen-bond acceptors (Lipinski definition) is 2. The maximum Gasteiger partial charge on any atom is 0.302 e. The highest BCUT2D eigenvalue weighted by Crippen LogP contribution is 2.28. The molecule has 0 N–H and O–H groups in total. The quantitative estimate of drug-likeness (QED) is 0.660. The average molecular weight is 376 g/mol. The normalized spacial score (nSPS) is 14.1. The zero-order chi connectivity index (χ0) is 20.1. The van der Waals surface area contributed by atoms with Gasteiger partial charge in [-0.1, -0.05) is 63.1 Å². The Morgan fingerprint density at radius 2 is 1.93 bits per heavy atom. The van der Waals surface area contributed by atoms with E-state index in [4.69, 9.17) is 4.74 Å². The number of rotatable bonds is 3. The minimum Gasteiger partial charge on any atom is -0.495 e. The van der Waals surface area contributed by atoms with Crippen LogP contribution in [0.3, 0.4) is 0 Å². The smallest absolute Gasteiger partial charge is 0.302 e. The maximum atomic E-state index is 13.1. The van der Waals surface area contributed by atoms with Gasteiger partial charge < -0.3 is 9.64 Å². The average Bonchev–Trinajstić information content (AvgIpc) is 2.69. The van der Waals surface area contributed by atoms with E-state index in [2.05, 4.69) is 38.7 Å². The van der Waals surface area contributed by atoms with E-state index >= 15 is 0 Å². The summed E-state index contributed by atoms with van der Waals surface area (Å²) >= 11 is 0. The van der Waals surface area contributed by atoms with Crippen molar-refractivity contribution in [2.75, 3.05) is 13.7 Å². The number of allylic oxidation sites excluding steroid dienone is 2. The van der Waals surface area contributed by atoms with E-state index in [-0.39, 0.29) is 11.3 Å². The van der Waals surface area contributed by atoms with Crippen LogP contribution in [0.15, 0.2) is 48.2 Å². The molecule has 0 spiro atoms. The molecule has 2 aromatic rings. The van der Waals surface area contributed by atoms with E-state index in [1.807, 2.05) is 41.3 Å². The highest BCUT2D eigenvalue weighted by Gasteiger charge is 2.24. The Bertz CT molecular complexity index is 954. The zero-order valence-electron chi connectivity index (χ0n) is 17.3. The minimum absolute atomic E-state index is 0.00671. The van der Waals surface area contributed by atoms with Crippen molar-refractivity contribution in [3.63, 3.8) is 0 Å². The summed E-state index contributed by atoms with van der Waals surface area (Å²) in [5.41, 5.74) is 1.89. The molecule has 0 aromatic heterocycles. The largest absolute Gasteiger partial charge is 0.495 e. The van der Waals surface area contributed by atoms with E-state index in [1.165, 1.54) is 6.42 Å². The van der Waals surface area contributed by atoms with E-state index < -0.39 is 0 Å². The fourth-order valence-electron chi connectivity index (χ4n) is 3.58. The Morgan fingerprint density at radius 1 is 1.14 bits per heavy atom. The highest BCUT2D eigenvalue weighted by atomic mass is 16.5. The van der Waals surface area contributed by atoms with E-state index in [0.29, 0.717) is 12.3 Å². The molecular formula is C25H29NO2. The Kier molecular flexibility index (Phi) is 6.09. The number of benzene rings is 2. The molecule has 0 bridgehead atoms. The second-order valence-electron chi connectivity index (χ2n) is 8.51. The van der Waals surface area contributed by atoms with Gasteiger partial charge in [0, 0.05) is 23.5 Å². The van der Waals surface area contributed by atoms with Gasteiger partial charge in [0.1, 0.15) is 5.75 Å². The van der Waals surface area contributed by atoms with Crippen molar-refractivity contribution in [1.29, 1.82) is 0 Å². The highest BCUT2D eigenvalue weighted by molar-refractivity contribution is 5.97. The number of nitrogens with zero attached hydrogens (tertiary/aromatic N) is 1. The van der Waals surface area contributed by atoms with Crippen LogP contribution in [0.4, 0.5) is 0 Å². The van der Waals surface area contributed by atoms with Gasteiger partial charge in [0.15, 0.2) is 0 Å². The van der Waals surface area contributed by atoms with Crippen LogP contribution in [0.2, 0.25) is 0 Å². The first-order valence-corrected chi connectivity index (χ1v) is 9.97. The van der Waals surface area contributed by atoms with Crippen molar-refractivity contribution in [3.05, 3.63) is 53.7 Å². The Balaban J connectivity index is 1.98. The van der Waals surface area contributed by atoms with Crippen LogP contribution in [0.1, 0.15) is 52.0 Å². The Morgan fingerprint density at radius 3 is 2.61 bits per heavy atom. The molecule has 3 heteroatoms. The lowest BCUT2D eigenvalue weighted by Gasteiger charge is -2.32. The predicted octanol–water partition coefficient (Wildman–Crippen LogP) is 5.53. The molecule has 0 saturated heterocycles. The lowest BCUT2D eigenvalue weighted by molar-refractivity contribution is -0.124. The van der Waals surface area contributed by atoms with E-state index in [0.717, 1.165) is 41.3 Å². The lowest BCUT2D eigenvalue weighted by Crippen LogP contribution is -2.37. The van der Waals surface area contributed by atoms with E-state index in [1.54, 1.807) is 7.11 Å². The van der Waals surface area contributed by atoms with Gasteiger partial charge >= 0.3 is 5.91 Å². The SMILES string of the molecule is COc1ccc2ccccc2c1C#CC(=O)N(CC(C)(C)C)C1=CCCCC1. The molecule has 0 heterocycles. The second kappa shape index (κ2) is 8.52. The lowest BCUT2D eigenvalue weighted by atomic mass is 9.94. The molecule has 0 fully saturated rings. The van der Waals surface area contributed by atoms with Gasteiger partial charge in [0.25, 0.3) is 0 Å². The number of fused-ring (bicyclic) bond motifs is 1. The summed E-state index contributed by atoms with van der Waals surface area (Å²) in [5, 5.41) is 2.09. The fourth-order valence-corrected chi connectivity index (χ4v) is 3.58. The molecule has 0 saturated carbocycles. The van der Waals surface area contributed by atoms with Crippen LogP contribution in [-0.4, -0.2) is 24.5 Å². The summed E-state index contributed by atoms with van der Waals surface area (Å²) in [6.45, 7) is 7.12. The van der Waals surface area contributed by atoms with Crippen molar-refractivity contribution >= 4 is 16.7 Å². The van der Waals surface area contributed by atoms with Gasteiger partial charge in [-0.2, -0.15) is 0 Å². The van der Waals surface area contributed by atoms with Crippen LogP contribution < -0.4 is 4.74 Å². The number of carbonyl (C=O) groups excluding carboxylic acids is 1. The van der Waals surface area contributed by atoms with Gasteiger partial charge in [-0.3, -0.25) is 4.79 Å². The molecule has 0 radical (unpaired) electrons. The predicted molar refractivity (Wildman–Crippen MR) is 115 cm³/mol. The minimum atomic E-state index is -0.141. The summed E-state index contributed by atoms with van der Waals surface area (Å²) in [6.07, 6.45) is 6.51. The van der Waals surface area contributed by atoms with Crippen molar-refractivity contribution in [2.45, 2.75) is 46.5 Å². The molecule has 146 valence electrons. The van der Waals surface area contributed by atoms with Crippen molar-refractivity contribution in [1.82, 2.24) is 4.90 Å². The van der Waals surface area contributed by atoms with Crippen LogP contribution in [0.25, 0.3) is 10.8 Å². The molecule has 1 aliphatic carbocycles. The Hall–Kier alpha value is -2.73. The van der Waals surface area contributed by atoms with Crippen molar-refractivity contribution in [3.8, 4) is 17.6 Å². The molecular weight excluding hydrogens is 346 g/mol.